The van der Waals surface area contributed by atoms with Gasteiger partial charge in [-0.1, -0.05) is 112 Å². The van der Waals surface area contributed by atoms with Crippen molar-refractivity contribution in [3.8, 4) is 0 Å². The number of carbonyl (C=O) groups excluding carboxylic acids is 8. The topological polar surface area (TPSA) is 235 Å². The van der Waals surface area contributed by atoms with E-state index in [1.165, 1.54) is 44.7 Å². The Bertz CT molecular complexity index is 2260. The minimum atomic E-state index is -4.09. The average molecular weight is 1070 g/mol. The van der Waals surface area contributed by atoms with Gasteiger partial charge in [0.05, 0.1) is 57.6 Å². The van der Waals surface area contributed by atoms with E-state index >= 15 is 0 Å². The van der Waals surface area contributed by atoms with E-state index in [2.05, 4.69) is 22.6 Å². The summed E-state index contributed by atoms with van der Waals surface area (Å²) in [6.07, 6.45) is 4.86. The quantitative estimate of drug-likeness (QED) is 0.0249. The Morgan fingerprint density at radius 2 is 1.48 bits per heavy atom. The van der Waals surface area contributed by atoms with Crippen LogP contribution in [0.15, 0.2) is 91.0 Å². The molecule has 0 N–H and O–H groups in total. The predicted octanol–water partition coefficient (Wildman–Crippen LogP) is 7.70. The third-order valence-electron chi connectivity index (χ3n) is 9.91. The van der Waals surface area contributed by atoms with Gasteiger partial charge < -0.3 is 33.2 Å². The highest BCUT2D eigenvalue weighted by atomic mass is 32.2. The third-order valence-corrected chi connectivity index (χ3v) is 15.0. The molecule has 2 aromatic carbocycles. The molecule has 390 valence electrons. The molecule has 0 saturated carbocycles. The molecule has 2 aromatic rings. The van der Waals surface area contributed by atoms with Crippen LogP contribution in [0, 0.1) is 11.3 Å². The van der Waals surface area contributed by atoms with Gasteiger partial charge in [-0.2, -0.15) is 0 Å². The molecule has 4 unspecified atom stereocenters. The molecule has 1 aliphatic heterocycles. The van der Waals surface area contributed by atoms with Crippen LogP contribution in [0.1, 0.15) is 89.5 Å². The van der Waals surface area contributed by atoms with Crippen molar-refractivity contribution in [2.75, 3.05) is 46.4 Å². The number of rotatable bonds is 19. The molecule has 0 aliphatic carbocycles. The molecule has 1 aliphatic rings. The minimum Gasteiger partial charge on any atom is -0.468 e. The van der Waals surface area contributed by atoms with E-state index < -0.39 is 78.7 Å². The van der Waals surface area contributed by atoms with E-state index in [-0.39, 0.29) is 56.9 Å². The lowest BCUT2D eigenvalue weighted by atomic mass is 9.85. The molecule has 0 amide bonds. The highest BCUT2D eigenvalue weighted by Gasteiger charge is 2.42. The van der Waals surface area contributed by atoms with Gasteiger partial charge in [-0.25, -0.2) is 22.8 Å². The van der Waals surface area contributed by atoms with Crippen molar-refractivity contribution in [3.63, 3.8) is 0 Å². The van der Waals surface area contributed by atoms with Gasteiger partial charge in [0.2, 0.25) is 0 Å². The second-order valence-electron chi connectivity index (χ2n) is 15.9. The molecule has 1 fully saturated rings. The maximum absolute atomic E-state index is 12.9. The van der Waals surface area contributed by atoms with E-state index in [0.717, 1.165) is 17.4 Å². The fourth-order valence-electron chi connectivity index (χ4n) is 5.97. The highest BCUT2D eigenvalue weighted by Crippen LogP contribution is 2.34. The van der Waals surface area contributed by atoms with E-state index in [4.69, 9.17) is 35.9 Å². The zero-order valence-corrected chi connectivity index (χ0v) is 44.3. The van der Waals surface area contributed by atoms with Crippen LogP contribution in [-0.2, 0) is 81.4 Å². The lowest BCUT2D eigenvalue weighted by Crippen LogP contribution is -2.35. The van der Waals surface area contributed by atoms with Gasteiger partial charge in [-0.05, 0) is 82.3 Å². The van der Waals surface area contributed by atoms with Crippen LogP contribution < -0.4 is 0 Å². The first kappa shape index (κ1) is 63.4. The molecular weight excluding hydrogens is 1000 g/mol. The van der Waals surface area contributed by atoms with Crippen LogP contribution in [0.4, 0.5) is 0 Å². The van der Waals surface area contributed by atoms with Gasteiger partial charge in [0, 0.05) is 11.6 Å². The van der Waals surface area contributed by atoms with Gasteiger partial charge in [-0.3, -0.25) is 24.0 Å². The van der Waals surface area contributed by atoms with Gasteiger partial charge in [-0.15, -0.1) is 11.8 Å². The predicted molar refractivity (Wildman–Crippen MR) is 274 cm³/mol. The summed E-state index contributed by atoms with van der Waals surface area (Å²) in [5, 5.41) is -3.36. The van der Waals surface area contributed by atoms with Crippen molar-refractivity contribution in [1.29, 1.82) is 0 Å². The maximum atomic E-state index is 12.9. The first-order chi connectivity index (χ1) is 33.6. The monoisotopic (exact) mass is 1060 g/mol. The van der Waals surface area contributed by atoms with Crippen LogP contribution in [-0.4, -0.2) is 117 Å². The van der Waals surface area contributed by atoms with Gasteiger partial charge in [0.15, 0.2) is 15.1 Å². The standard InChI is InChI=1S/C29H38O9S3.C17H20O6S.C4H6O2/c1-6-40-28(39)41-23(26(33)35-5)16-20(2)24(31)36-14-10-11-15-37-25(32)22(17-21-12-8-7-9-13-21)18-29(3,4)27(34)38-19-30;1-12-15(14-8-4-3-5-9-14)24(20,21)13(2)17(19)23-11-7-6-10-22-16(12)18;1-3-4(5)6-2/h7-9,12-13,17,19-20,23H,6,10-11,14-16,18H2,1-5H3;3-5,8-9,13,15H,1,6-7,10-11H2,2H3;3H,1H2,2H3/b22-17+;;. The number of thioether (sulfide) groups is 2. The minimum absolute atomic E-state index is 0.00435. The van der Waals surface area contributed by atoms with Crippen LogP contribution in [0.3, 0.4) is 0 Å². The molecule has 4 atom stereocenters. The normalized spacial score (nSPS) is 16.8. The number of carbonyl (C=O) groups is 8. The molecule has 1 heterocycles. The Balaban J connectivity index is 0.000000701. The molecule has 21 heteroatoms. The van der Waals surface area contributed by atoms with Crippen molar-refractivity contribution in [2.45, 2.75) is 88.9 Å². The van der Waals surface area contributed by atoms with Crippen LogP contribution >= 0.6 is 35.7 Å². The van der Waals surface area contributed by atoms with Crippen molar-refractivity contribution >= 4 is 103 Å². The summed E-state index contributed by atoms with van der Waals surface area (Å²) in [5.41, 5.74) is 0.00637. The number of methoxy groups -OCH3 is 2. The largest absolute Gasteiger partial charge is 0.468 e. The molecule has 17 nitrogen and oxygen atoms in total. The Kier molecular flexibility index (Phi) is 30.2. The zero-order valence-electron chi connectivity index (χ0n) is 41.1. The van der Waals surface area contributed by atoms with Gasteiger partial charge >= 0.3 is 48.3 Å². The number of esters is 7. The number of sulfone groups is 1. The Hall–Kier alpha value is -5.64. The van der Waals surface area contributed by atoms with E-state index in [1.807, 2.05) is 37.3 Å². The molecule has 0 aromatic heterocycles. The van der Waals surface area contributed by atoms with Gasteiger partial charge in [0.25, 0.3) is 0 Å². The second-order valence-corrected chi connectivity index (χ2v) is 21.9. The van der Waals surface area contributed by atoms with Crippen molar-refractivity contribution in [3.05, 3.63) is 102 Å². The summed E-state index contributed by atoms with van der Waals surface area (Å²) in [6, 6.07) is 17.3. The average Bonchev–Trinajstić information content (AvgIpc) is 3.35. The number of thiocarbonyl (C=S) groups is 1. The Morgan fingerprint density at radius 3 is 2.01 bits per heavy atom. The zero-order chi connectivity index (χ0) is 53.6. The first-order valence-corrected chi connectivity index (χ1v) is 26.2. The lowest BCUT2D eigenvalue weighted by Gasteiger charge is -2.23. The number of hydrogen-bond acceptors (Lipinski definition) is 20. The Morgan fingerprint density at radius 1 is 0.901 bits per heavy atom. The summed E-state index contributed by atoms with van der Waals surface area (Å²) >= 11 is 7.93. The fraction of sp³-hybridized carbons (Fsp3) is 0.460. The summed E-state index contributed by atoms with van der Waals surface area (Å²) in [5.74, 6) is -3.99. The maximum Gasteiger partial charge on any atom is 0.335 e. The second kappa shape index (κ2) is 33.9. The van der Waals surface area contributed by atoms with Crippen LogP contribution in [0.5, 0.6) is 0 Å². The molecule has 0 bridgehead atoms. The molecular formula is C50H64O17S4. The molecule has 3 rings (SSSR count). The lowest BCUT2D eigenvalue weighted by molar-refractivity contribution is -0.159. The van der Waals surface area contributed by atoms with E-state index in [0.29, 0.717) is 34.8 Å². The third kappa shape index (κ3) is 23.4. The number of unbranched alkanes of at least 4 members (excludes halogenated alkanes) is 1. The number of ether oxygens (including phenoxy) is 7. The summed E-state index contributed by atoms with van der Waals surface area (Å²) < 4.78 is 60.9. The summed E-state index contributed by atoms with van der Waals surface area (Å²) in [7, 11) is -1.48. The first-order valence-electron chi connectivity index (χ1n) is 22.3. The smallest absolute Gasteiger partial charge is 0.335 e. The fourth-order valence-corrected chi connectivity index (χ4v) is 10.5. The van der Waals surface area contributed by atoms with Crippen molar-refractivity contribution in [1.82, 2.24) is 0 Å². The summed E-state index contributed by atoms with van der Waals surface area (Å²) in [6.45, 7) is 15.3. The van der Waals surface area contributed by atoms with Crippen LogP contribution in [0.25, 0.3) is 6.08 Å². The SMILES string of the molecule is C=C1C(=O)OCCCCOC(=O)C(C)S(=O)(=O)C1c1ccccc1.C=CC(=O)OC.CCSC(=S)SC(CC(C)C(=O)OCCCCOC(=O)/C(=C/c1ccccc1)CC(C)(C)C(=O)OC=O)C(=O)OC. The molecule has 0 radical (unpaired) electrons. The van der Waals surface area contributed by atoms with Crippen molar-refractivity contribution in [2.24, 2.45) is 11.3 Å². The van der Waals surface area contributed by atoms with E-state index in [9.17, 15) is 46.8 Å². The number of hydrogen-bond donors (Lipinski definition) is 0. The van der Waals surface area contributed by atoms with Gasteiger partial charge in [0.1, 0.15) is 14.0 Å². The highest BCUT2D eigenvalue weighted by molar-refractivity contribution is 8.47. The molecule has 0 spiro atoms. The summed E-state index contributed by atoms with van der Waals surface area (Å²) in [4.78, 5) is 94.4. The molecule has 1 saturated heterocycles. The number of benzene rings is 2. The van der Waals surface area contributed by atoms with Crippen LogP contribution in [0.2, 0.25) is 0 Å². The van der Waals surface area contributed by atoms with E-state index in [1.54, 1.807) is 57.2 Å². The van der Waals surface area contributed by atoms with Crippen molar-refractivity contribution < 1.29 is 79.9 Å². The number of cyclic esters (lactones) is 2. The Labute approximate surface area is 430 Å². The molecule has 71 heavy (non-hydrogen) atoms.